The summed E-state index contributed by atoms with van der Waals surface area (Å²) < 4.78 is 30.1. The maximum Gasteiger partial charge on any atom is 0.408 e. The SMILES string of the molecule is Cc1ccc(N2C(=NC(=O)[C@H](Cc3ccccc3)NC(=O)OC(C)(C)C)S[C@H]3CS(=O)(=O)C[C@H]32)cc1. The lowest BCUT2D eigenvalue weighted by Gasteiger charge is -2.25. The van der Waals surface area contributed by atoms with Gasteiger partial charge in [-0.05, 0) is 45.4 Å². The molecule has 2 saturated heterocycles. The van der Waals surface area contributed by atoms with E-state index in [1.165, 1.54) is 11.8 Å². The highest BCUT2D eigenvalue weighted by molar-refractivity contribution is 8.16. The average molecular weight is 530 g/mol. The Morgan fingerprint density at radius 1 is 1.11 bits per heavy atom. The first-order chi connectivity index (χ1) is 16.9. The molecular formula is C26H31N3O5S2. The third-order valence-electron chi connectivity index (χ3n) is 5.86. The van der Waals surface area contributed by atoms with Gasteiger partial charge in [-0.2, -0.15) is 4.99 Å². The van der Waals surface area contributed by atoms with Crippen molar-refractivity contribution in [1.29, 1.82) is 0 Å². The van der Waals surface area contributed by atoms with E-state index in [9.17, 15) is 18.0 Å². The number of benzene rings is 2. The number of sulfone groups is 1. The highest BCUT2D eigenvalue weighted by Crippen LogP contribution is 2.41. The summed E-state index contributed by atoms with van der Waals surface area (Å²) in [6.07, 6.45) is -0.457. The van der Waals surface area contributed by atoms with Gasteiger partial charge in [0.15, 0.2) is 15.0 Å². The van der Waals surface area contributed by atoms with Gasteiger partial charge in [-0.3, -0.25) is 4.79 Å². The number of carbonyl (C=O) groups excluding carboxylic acids is 2. The molecule has 8 nitrogen and oxygen atoms in total. The molecule has 10 heteroatoms. The Balaban J connectivity index is 1.64. The van der Waals surface area contributed by atoms with E-state index in [4.69, 9.17) is 4.74 Å². The van der Waals surface area contributed by atoms with E-state index in [1.54, 1.807) is 20.8 Å². The van der Waals surface area contributed by atoms with Crippen LogP contribution in [0.1, 0.15) is 31.9 Å². The number of nitrogens with one attached hydrogen (secondary N) is 1. The van der Waals surface area contributed by atoms with Crippen LogP contribution >= 0.6 is 11.8 Å². The minimum atomic E-state index is -3.17. The van der Waals surface area contributed by atoms with Crippen LogP contribution in [0, 0.1) is 6.92 Å². The first kappa shape index (κ1) is 26.2. The van der Waals surface area contributed by atoms with Crippen molar-refractivity contribution < 1.29 is 22.7 Å². The summed E-state index contributed by atoms with van der Waals surface area (Å²) in [5.74, 6) is -0.469. The topological polar surface area (TPSA) is 105 Å². The van der Waals surface area contributed by atoms with Crippen molar-refractivity contribution in [3.63, 3.8) is 0 Å². The summed E-state index contributed by atoms with van der Waals surface area (Å²) >= 11 is 1.30. The number of fused-ring (bicyclic) bond motifs is 1. The molecule has 0 aromatic heterocycles. The van der Waals surface area contributed by atoms with Crippen LogP contribution in [-0.4, -0.2) is 60.0 Å². The molecule has 2 aromatic carbocycles. The van der Waals surface area contributed by atoms with Crippen molar-refractivity contribution in [2.45, 2.75) is 57.1 Å². The number of ether oxygens (including phenoxy) is 1. The zero-order valence-corrected chi connectivity index (χ0v) is 22.4. The molecule has 0 radical (unpaired) electrons. The van der Waals surface area contributed by atoms with Crippen molar-refractivity contribution in [3.05, 3.63) is 65.7 Å². The Bertz CT molecular complexity index is 1250. The number of hydrogen-bond donors (Lipinski definition) is 1. The van der Waals surface area contributed by atoms with E-state index in [-0.39, 0.29) is 29.2 Å². The van der Waals surface area contributed by atoms with E-state index < -0.39 is 33.5 Å². The van der Waals surface area contributed by atoms with Gasteiger partial charge in [0, 0.05) is 17.4 Å². The molecule has 0 unspecified atom stereocenters. The fourth-order valence-corrected chi connectivity index (χ4v) is 8.16. The van der Waals surface area contributed by atoms with E-state index in [0.29, 0.717) is 5.17 Å². The van der Waals surface area contributed by atoms with Crippen LogP contribution in [0.3, 0.4) is 0 Å². The summed E-state index contributed by atoms with van der Waals surface area (Å²) in [5, 5.41) is 2.91. The number of alkyl carbamates (subject to hydrolysis) is 1. The molecule has 2 amide bonds. The molecule has 2 aromatic rings. The van der Waals surface area contributed by atoms with Gasteiger partial charge in [-0.25, -0.2) is 13.2 Å². The van der Waals surface area contributed by atoms with Crippen molar-refractivity contribution >= 4 is 44.5 Å². The number of thioether (sulfide) groups is 1. The number of nitrogens with zero attached hydrogens (tertiary/aromatic N) is 2. The van der Waals surface area contributed by atoms with Gasteiger partial charge < -0.3 is 15.0 Å². The zero-order valence-electron chi connectivity index (χ0n) is 20.8. The molecule has 1 N–H and O–H groups in total. The van der Waals surface area contributed by atoms with Gasteiger partial charge in [0.05, 0.1) is 17.5 Å². The first-order valence-electron chi connectivity index (χ1n) is 11.8. The Labute approximate surface area is 216 Å². The number of hydrogen-bond acceptors (Lipinski definition) is 6. The van der Waals surface area contributed by atoms with Gasteiger partial charge >= 0.3 is 6.09 Å². The summed E-state index contributed by atoms with van der Waals surface area (Å²) in [6, 6.07) is 15.8. The van der Waals surface area contributed by atoms with Crippen LogP contribution in [0.2, 0.25) is 0 Å². The summed E-state index contributed by atoms with van der Waals surface area (Å²) in [7, 11) is -3.17. The van der Waals surface area contributed by atoms with Gasteiger partial charge in [0.25, 0.3) is 5.91 Å². The van der Waals surface area contributed by atoms with Gasteiger partial charge in [-0.1, -0.05) is 59.8 Å². The van der Waals surface area contributed by atoms with E-state index in [0.717, 1.165) is 16.8 Å². The lowest BCUT2D eigenvalue weighted by Crippen LogP contribution is -2.45. The number of rotatable bonds is 5. The summed E-state index contributed by atoms with van der Waals surface area (Å²) in [4.78, 5) is 32.3. The van der Waals surface area contributed by atoms with Crippen LogP contribution in [0.4, 0.5) is 10.5 Å². The highest BCUT2D eigenvalue weighted by Gasteiger charge is 2.49. The number of aliphatic imine (C=N–C) groups is 1. The van der Waals surface area contributed by atoms with Crippen LogP contribution in [0.25, 0.3) is 0 Å². The molecule has 2 aliphatic rings. The standard InChI is InChI=1S/C26H31N3O5S2/c1-17-10-12-19(13-11-17)29-21-15-36(32,33)16-22(21)35-24(29)28-23(30)20(14-18-8-6-5-7-9-18)27-25(31)34-26(2,3)4/h5-13,20-22H,14-16H2,1-4H3,(H,27,31)/t20-,21+,22-/m0/s1. The normalized spacial score (nSPS) is 22.8. The summed E-state index contributed by atoms with van der Waals surface area (Å²) in [5.41, 5.74) is 2.00. The van der Waals surface area contributed by atoms with Crippen LogP contribution in [-0.2, 0) is 25.8 Å². The molecule has 0 bridgehead atoms. The number of amides is 2. The van der Waals surface area contributed by atoms with Crippen molar-refractivity contribution in [3.8, 4) is 0 Å². The molecule has 36 heavy (non-hydrogen) atoms. The largest absolute Gasteiger partial charge is 0.444 e. The maximum absolute atomic E-state index is 13.5. The Morgan fingerprint density at radius 2 is 1.78 bits per heavy atom. The Morgan fingerprint density at radius 3 is 2.42 bits per heavy atom. The monoisotopic (exact) mass is 529 g/mol. The number of aryl methyl sites for hydroxylation is 1. The third-order valence-corrected chi connectivity index (χ3v) is 9.07. The molecule has 2 aliphatic heterocycles. The lowest BCUT2D eigenvalue weighted by molar-refractivity contribution is -0.119. The molecule has 2 heterocycles. The maximum atomic E-state index is 13.5. The first-order valence-corrected chi connectivity index (χ1v) is 14.5. The molecule has 0 spiro atoms. The smallest absolute Gasteiger partial charge is 0.408 e. The predicted molar refractivity (Wildman–Crippen MR) is 143 cm³/mol. The minimum absolute atomic E-state index is 0.00928. The molecule has 2 fully saturated rings. The highest BCUT2D eigenvalue weighted by atomic mass is 32.2. The quantitative estimate of drug-likeness (QED) is 0.629. The van der Waals surface area contributed by atoms with E-state index in [1.807, 2.05) is 66.4 Å². The van der Waals surface area contributed by atoms with Crippen molar-refractivity contribution in [2.75, 3.05) is 16.4 Å². The second-order valence-corrected chi connectivity index (χ2v) is 13.5. The van der Waals surface area contributed by atoms with E-state index in [2.05, 4.69) is 10.3 Å². The van der Waals surface area contributed by atoms with Crippen LogP contribution in [0.5, 0.6) is 0 Å². The average Bonchev–Trinajstić information content (AvgIpc) is 3.24. The van der Waals surface area contributed by atoms with Crippen LogP contribution < -0.4 is 10.2 Å². The van der Waals surface area contributed by atoms with Gasteiger partial charge in [-0.15, -0.1) is 0 Å². The Kier molecular flexibility index (Phi) is 7.47. The molecule has 0 aliphatic carbocycles. The zero-order chi connectivity index (χ0) is 26.1. The van der Waals surface area contributed by atoms with Crippen molar-refractivity contribution in [2.24, 2.45) is 4.99 Å². The number of anilines is 1. The molecule has 0 saturated carbocycles. The van der Waals surface area contributed by atoms with Gasteiger partial charge in [0.2, 0.25) is 0 Å². The number of amidine groups is 1. The fraction of sp³-hybridized carbons (Fsp3) is 0.423. The summed E-state index contributed by atoms with van der Waals surface area (Å²) in [6.45, 7) is 7.23. The Hall–Kier alpha value is -2.85. The van der Waals surface area contributed by atoms with Gasteiger partial charge in [0.1, 0.15) is 11.6 Å². The molecule has 3 atom stereocenters. The second-order valence-electron chi connectivity index (χ2n) is 10.1. The minimum Gasteiger partial charge on any atom is -0.444 e. The molecular weight excluding hydrogens is 498 g/mol. The van der Waals surface area contributed by atoms with Crippen molar-refractivity contribution in [1.82, 2.24) is 5.32 Å². The lowest BCUT2D eigenvalue weighted by atomic mass is 10.1. The second kappa shape index (κ2) is 10.3. The van der Waals surface area contributed by atoms with E-state index >= 15 is 0 Å². The fourth-order valence-electron chi connectivity index (χ4n) is 4.24. The molecule has 4 rings (SSSR count). The third kappa shape index (κ3) is 6.47. The van der Waals surface area contributed by atoms with Crippen LogP contribution in [0.15, 0.2) is 59.6 Å². The molecule has 192 valence electrons. The predicted octanol–water partition coefficient (Wildman–Crippen LogP) is 3.73. The number of carbonyl (C=O) groups is 2.